The molecular weight excluding hydrogens is 346 g/mol. The largest absolute Gasteiger partial charge is 0.379 e. The van der Waals surface area contributed by atoms with E-state index in [0.717, 1.165) is 44.8 Å². The molecule has 2 aromatic heterocycles. The molecule has 0 aliphatic carbocycles. The third-order valence-electron chi connectivity index (χ3n) is 5.03. The molecule has 1 aliphatic rings. The smallest absolute Gasteiger partial charge is 0.276 e. The highest BCUT2D eigenvalue weighted by atomic mass is 16.5. The van der Waals surface area contributed by atoms with Gasteiger partial charge in [0.15, 0.2) is 0 Å². The number of aromatic nitrogens is 3. The first-order chi connectivity index (χ1) is 13.1. The predicted octanol–water partition coefficient (Wildman–Crippen LogP) is 0.638. The zero-order chi connectivity index (χ0) is 18.8. The quantitative estimate of drug-likeness (QED) is 0.668. The minimum Gasteiger partial charge on any atom is -0.379 e. The number of carbonyl (C=O) groups is 1. The Bertz CT molecular complexity index is 1030. The molecule has 1 aromatic carbocycles. The molecule has 3 aromatic rings. The lowest BCUT2D eigenvalue weighted by molar-refractivity contribution is 0.0374. The summed E-state index contributed by atoms with van der Waals surface area (Å²) in [5.74, 6) is -0.133. The van der Waals surface area contributed by atoms with Crippen molar-refractivity contribution in [2.45, 2.75) is 6.42 Å². The lowest BCUT2D eigenvalue weighted by Crippen LogP contribution is -2.38. The van der Waals surface area contributed by atoms with Gasteiger partial charge in [0.25, 0.3) is 11.5 Å². The van der Waals surface area contributed by atoms with Crippen LogP contribution in [-0.4, -0.2) is 64.4 Å². The van der Waals surface area contributed by atoms with Crippen LogP contribution in [0.4, 0.5) is 0 Å². The van der Waals surface area contributed by atoms with E-state index in [-0.39, 0.29) is 11.5 Å². The molecule has 8 nitrogen and oxygen atoms in total. The van der Waals surface area contributed by atoms with Crippen LogP contribution in [-0.2, 0) is 11.8 Å². The molecule has 0 bridgehead atoms. The van der Waals surface area contributed by atoms with Crippen molar-refractivity contribution in [3.63, 3.8) is 0 Å². The van der Waals surface area contributed by atoms with Crippen molar-refractivity contribution < 1.29 is 9.53 Å². The molecule has 0 saturated carbocycles. The van der Waals surface area contributed by atoms with Crippen LogP contribution in [0.5, 0.6) is 0 Å². The Balaban J connectivity index is 1.46. The normalized spacial score (nSPS) is 15.4. The van der Waals surface area contributed by atoms with E-state index in [1.807, 2.05) is 6.07 Å². The van der Waals surface area contributed by atoms with Gasteiger partial charge in [0.1, 0.15) is 5.52 Å². The van der Waals surface area contributed by atoms with Gasteiger partial charge in [-0.05, 0) is 37.2 Å². The highest BCUT2D eigenvalue weighted by Gasteiger charge is 2.13. The lowest BCUT2D eigenvalue weighted by Gasteiger charge is -2.26. The van der Waals surface area contributed by atoms with Crippen LogP contribution in [0, 0.1) is 0 Å². The zero-order valence-corrected chi connectivity index (χ0v) is 15.4. The SMILES string of the molecule is Cn1c(=O)c2ccnn2c2ccc(C(=O)NCCCN3CCOCC3)cc21. The number of aryl methyl sites for hydroxylation is 1. The second-order valence-electron chi connectivity index (χ2n) is 6.76. The average Bonchev–Trinajstić information content (AvgIpc) is 3.20. The molecule has 1 aliphatic heterocycles. The van der Waals surface area contributed by atoms with Gasteiger partial charge in [-0.2, -0.15) is 5.10 Å². The van der Waals surface area contributed by atoms with E-state index in [9.17, 15) is 9.59 Å². The third-order valence-corrected chi connectivity index (χ3v) is 5.03. The Morgan fingerprint density at radius 3 is 2.81 bits per heavy atom. The molecular formula is C19H23N5O3. The standard InChI is InChI=1S/C19H23N5O3/c1-22-17-13-14(3-4-15(17)24-16(19(22)26)5-7-21-24)18(25)20-6-2-8-23-9-11-27-12-10-23/h3-5,7,13H,2,6,8-12H2,1H3,(H,20,25). The molecule has 1 saturated heterocycles. The monoisotopic (exact) mass is 369 g/mol. The molecule has 1 amide bonds. The molecule has 27 heavy (non-hydrogen) atoms. The van der Waals surface area contributed by atoms with Crippen molar-refractivity contribution in [3.8, 4) is 0 Å². The number of fused-ring (bicyclic) bond motifs is 3. The van der Waals surface area contributed by atoms with Gasteiger partial charge in [0.05, 0.1) is 30.4 Å². The van der Waals surface area contributed by atoms with E-state index < -0.39 is 0 Å². The van der Waals surface area contributed by atoms with Gasteiger partial charge in [-0.25, -0.2) is 4.52 Å². The zero-order valence-electron chi connectivity index (χ0n) is 15.4. The Kier molecular flexibility index (Phi) is 4.91. The summed E-state index contributed by atoms with van der Waals surface area (Å²) in [5.41, 5.74) is 2.39. The first kappa shape index (κ1) is 17.7. The van der Waals surface area contributed by atoms with Crippen LogP contribution in [0.1, 0.15) is 16.8 Å². The molecule has 8 heteroatoms. The number of nitrogens with zero attached hydrogens (tertiary/aromatic N) is 4. The molecule has 142 valence electrons. The fourth-order valence-corrected chi connectivity index (χ4v) is 3.48. The third kappa shape index (κ3) is 3.45. The Labute approximate surface area is 156 Å². The van der Waals surface area contributed by atoms with Crippen molar-refractivity contribution in [2.24, 2.45) is 7.05 Å². The maximum absolute atomic E-state index is 12.5. The van der Waals surface area contributed by atoms with E-state index >= 15 is 0 Å². The number of benzene rings is 1. The molecule has 0 radical (unpaired) electrons. The number of carbonyl (C=O) groups excluding carboxylic acids is 1. The van der Waals surface area contributed by atoms with E-state index in [1.54, 1.807) is 40.5 Å². The van der Waals surface area contributed by atoms with E-state index in [0.29, 0.717) is 23.1 Å². The molecule has 0 spiro atoms. The lowest BCUT2D eigenvalue weighted by atomic mass is 10.1. The van der Waals surface area contributed by atoms with Crippen molar-refractivity contribution in [1.29, 1.82) is 0 Å². The van der Waals surface area contributed by atoms with Crippen LogP contribution in [0.15, 0.2) is 35.3 Å². The maximum atomic E-state index is 12.5. The maximum Gasteiger partial charge on any atom is 0.276 e. The number of nitrogens with one attached hydrogen (secondary N) is 1. The van der Waals surface area contributed by atoms with Gasteiger partial charge in [-0.15, -0.1) is 0 Å². The number of ether oxygens (including phenoxy) is 1. The van der Waals surface area contributed by atoms with Gasteiger partial charge < -0.3 is 14.6 Å². The minimum absolute atomic E-state index is 0.133. The van der Waals surface area contributed by atoms with Crippen LogP contribution in [0.2, 0.25) is 0 Å². The fraction of sp³-hybridized carbons (Fsp3) is 0.421. The van der Waals surface area contributed by atoms with Gasteiger partial charge in [0, 0.05) is 32.2 Å². The molecule has 3 heterocycles. The first-order valence-corrected chi connectivity index (χ1v) is 9.20. The van der Waals surface area contributed by atoms with Crippen LogP contribution in [0.3, 0.4) is 0 Å². The van der Waals surface area contributed by atoms with Crippen LogP contribution in [0.25, 0.3) is 16.6 Å². The Morgan fingerprint density at radius 2 is 2.00 bits per heavy atom. The van der Waals surface area contributed by atoms with E-state index in [4.69, 9.17) is 4.74 Å². The van der Waals surface area contributed by atoms with Gasteiger partial charge in [-0.1, -0.05) is 0 Å². The number of hydrogen-bond donors (Lipinski definition) is 1. The van der Waals surface area contributed by atoms with Crippen LogP contribution >= 0.6 is 0 Å². The first-order valence-electron chi connectivity index (χ1n) is 9.20. The molecule has 4 rings (SSSR count). The molecule has 0 unspecified atom stereocenters. The minimum atomic E-state index is -0.136. The molecule has 1 N–H and O–H groups in total. The second-order valence-corrected chi connectivity index (χ2v) is 6.76. The number of amides is 1. The fourth-order valence-electron chi connectivity index (χ4n) is 3.48. The highest BCUT2D eigenvalue weighted by Crippen LogP contribution is 2.15. The number of hydrogen-bond acceptors (Lipinski definition) is 5. The van der Waals surface area contributed by atoms with Crippen molar-refractivity contribution in [3.05, 3.63) is 46.4 Å². The van der Waals surface area contributed by atoms with E-state index in [1.165, 1.54) is 0 Å². The summed E-state index contributed by atoms with van der Waals surface area (Å²) in [6, 6.07) is 7.04. The number of rotatable bonds is 5. The summed E-state index contributed by atoms with van der Waals surface area (Å²) in [5, 5.41) is 7.18. The second kappa shape index (κ2) is 7.50. The summed E-state index contributed by atoms with van der Waals surface area (Å²) in [6.45, 7) is 5.04. The Morgan fingerprint density at radius 1 is 1.19 bits per heavy atom. The summed E-state index contributed by atoms with van der Waals surface area (Å²) in [6.07, 6.45) is 2.50. The Hall–Kier alpha value is -2.71. The van der Waals surface area contributed by atoms with Gasteiger partial charge >= 0.3 is 0 Å². The molecule has 0 atom stereocenters. The van der Waals surface area contributed by atoms with E-state index in [2.05, 4.69) is 15.3 Å². The summed E-state index contributed by atoms with van der Waals surface area (Å²) in [4.78, 5) is 27.3. The number of morpholine rings is 1. The summed E-state index contributed by atoms with van der Waals surface area (Å²) >= 11 is 0. The van der Waals surface area contributed by atoms with Crippen LogP contribution < -0.4 is 10.9 Å². The average molecular weight is 369 g/mol. The van der Waals surface area contributed by atoms with Crippen molar-refractivity contribution in [2.75, 3.05) is 39.4 Å². The topological polar surface area (TPSA) is 80.9 Å². The summed E-state index contributed by atoms with van der Waals surface area (Å²) < 4.78 is 8.50. The molecule has 1 fully saturated rings. The predicted molar refractivity (Wildman–Crippen MR) is 102 cm³/mol. The van der Waals surface area contributed by atoms with Crippen molar-refractivity contribution in [1.82, 2.24) is 24.4 Å². The van der Waals surface area contributed by atoms with Gasteiger partial charge in [0.2, 0.25) is 0 Å². The van der Waals surface area contributed by atoms with Gasteiger partial charge in [-0.3, -0.25) is 14.5 Å². The summed E-state index contributed by atoms with van der Waals surface area (Å²) in [7, 11) is 1.71. The van der Waals surface area contributed by atoms with Crippen molar-refractivity contribution >= 4 is 22.5 Å². The highest BCUT2D eigenvalue weighted by molar-refractivity contribution is 5.97.